The Bertz CT molecular complexity index is 455. The van der Waals surface area contributed by atoms with Crippen LogP contribution in [0.2, 0.25) is 0 Å². The normalized spacial score (nSPS) is 23.4. The Morgan fingerprint density at radius 2 is 2.29 bits per heavy atom. The Balaban J connectivity index is 2.22. The number of ether oxygens (including phenoxy) is 1. The highest BCUT2D eigenvalue weighted by Crippen LogP contribution is 2.25. The zero-order valence-corrected chi connectivity index (χ0v) is 9.98. The van der Waals surface area contributed by atoms with Gasteiger partial charge in [-0.1, -0.05) is 0 Å². The number of anilines is 1. The summed E-state index contributed by atoms with van der Waals surface area (Å²) in [5.41, 5.74) is 0.863. The minimum Gasteiger partial charge on any atom is -0.376 e. The summed E-state index contributed by atoms with van der Waals surface area (Å²) in [6, 6.07) is 6.78. The Labute approximate surface area is 100 Å². The lowest BCUT2D eigenvalue weighted by Crippen LogP contribution is -2.36. The molecule has 0 spiro atoms. The molecule has 1 aliphatic rings. The molecule has 2 unspecified atom stereocenters. The molecular weight excluding hydrogens is 219 g/mol. The van der Waals surface area contributed by atoms with Crippen molar-refractivity contribution in [1.29, 1.82) is 5.26 Å². The van der Waals surface area contributed by atoms with E-state index >= 15 is 0 Å². The molecule has 0 amide bonds. The molecule has 0 N–H and O–H groups in total. The van der Waals surface area contributed by atoms with Crippen molar-refractivity contribution in [2.45, 2.75) is 25.5 Å². The van der Waals surface area contributed by atoms with E-state index in [1.807, 2.05) is 24.9 Å². The van der Waals surface area contributed by atoms with Gasteiger partial charge in [0.25, 0.3) is 0 Å². The predicted molar refractivity (Wildman–Crippen MR) is 63.3 cm³/mol. The number of rotatable bonds is 2. The highest BCUT2D eigenvalue weighted by atomic mass is 19.1. The van der Waals surface area contributed by atoms with Crippen LogP contribution in [0, 0.1) is 17.1 Å². The van der Waals surface area contributed by atoms with Crippen LogP contribution in [0.1, 0.15) is 18.9 Å². The van der Waals surface area contributed by atoms with Crippen LogP contribution >= 0.6 is 0 Å². The number of benzene rings is 1. The summed E-state index contributed by atoms with van der Waals surface area (Å²) in [6.07, 6.45) is 1.10. The predicted octanol–water partition coefficient (Wildman–Crippen LogP) is 2.31. The first-order valence-electron chi connectivity index (χ1n) is 5.67. The zero-order valence-electron chi connectivity index (χ0n) is 9.98. The van der Waals surface area contributed by atoms with Crippen molar-refractivity contribution in [3.8, 4) is 6.07 Å². The fourth-order valence-electron chi connectivity index (χ4n) is 2.23. The number of halogens is 1. The maximum absolute atomic E-state index is 13.5. The second-order valence-corrected chi connectivity index (χ2v) is 4.32. The molecule has 17 heavy (non-hydrogen) atoms. The van der Waals surface area contributed by atoms with E-state index in [1.54, 1.807) is 6.07 Å². The topological polar surface area (TPSA) is 36.3 Å². The van der Waals surface area contributed by atoms with Crippen LogP contribution in [0.3, 0.4) is 0 Å². The second-order valence-electron chi connectivity index (χ2n) is 4.32. The largest absolute Gasteiger partial charge is 0.376 e. The fraction of sp³-hybridized carbons (Fsp3) is 0.462. The molecular formula is C13H15FN2O. The maximum atomic E-state index is 13.5. The molecule has 1 aromatic carbocycles. The molecule has 0 aliphatic carbocycles. The Kier molecular flexibility index (Phi) is 3.30. The van der Waals surface area contributed by atoms with E-state index in [9.17, 15) is 4.39 Å². The number of hydrogen-bond acceptors (Lipinski definition) is 3. The first-order chi connectivity index (χ1) is 8.13. The zero-order chi connectivity index (χ0) is 12.4. The Morgan fingerprint density at radius 1 is 1.53 bits per heavy atom. The van der Waals surface area contributed by atoms with Crippen molar-refractivity contribution >= 4 is 5.69 Å². The lowest BCUT2D eigenvalue weighted by atomic mass is 10.1. The number of nitriles is 1. The van der Waals surface area contributed by atoms with Crippen LogP contribution < -0.4 is 4.90 Å². The van der Waals surface area contributed by atoms with Crippen LogP contribution in [-0.2, 0) is 4.74 Å². The van der Waals surface area contributed by atoms with E-state index < -0.39 is 5.82 Å². The van der Waals surface area contributed by atoms with E-state index in [-0.39, 0.29) is 17.7 Å². The van der Waals surface area contributed by atoms with E-state index in [2.05, 4.69) is 0 Å². The van der Waals surface area contributed by atoms with Gasteiger partial charge in [0.1, 0.15) is 11.9 Å². The third kappa shape index (κ3) is 2.25. The average molecular weight is 234 g/mol. The van der Waals surface area contributed by atoms with E-state index in [1.165, 1.54) is 12.1 Å². The number of likely N-dealkylation sites (N-methyl/N-ethyl adjacent to an activating group) is 1. The van der Waals surface area contributed by atoms with Gasteiger partial charge in [-0.3, -0.25) is 0 Å². The monoisotopic (exact) mass is 234 g/mol. The van der Waals surface area contributed by atoms with Crippen LogP contribution in [-0.4, -0.2) is 25.8 Å². The molecule has 0 aromatic heterocycles. The molecule has 1 aromatic rings. The van der Waals surface area contributed by atoms with Crippen molar-refractivity contribution in [2.75, 3.05) is 18.6 Å². The standard InChI is InChI=1S/C13H15FN2O/c1-9-13(5-6-17-9)16(2)11-4-3-10(8-15)12(14)7-11/h3-4,7,9,13H,5-6H2,1-2H3. The van der Waals surface area contributed by atoms with Crippen LogP contribution in [0.15, 0.2) is 18.2 Å². The minimum atomic E-state index is -0.469. The molecule has 3 nitrogen and oxygen atoms in total. The molecule has 4 heteroatoms. The molecule has 1 saturated heterocycles. The molecule has 2 atom stereocenters. The van der Waals surface area contributed by atoms with Gasteiger partial charge in [0, 0.05) is 19.3 Å². The van der Waals surface area contributed by atoms with Gasteiger partial charge in [-0.25, -0.2) is 4.39 Å². The lowest BCUT2D eigenvalue weighted by molar-refractivity contribution is 0.118. The van der Waals surface area contributed by atoms with E-state index in [0.29, 0.717) is 0 Å². The summed E-state index contributed by atoms with van der Waals surface area (Å²) in [5.74, 6) is -0.469. The third-order valence-electron chi connectivity index (χ3n) is 3.31. The quantitative estimate of drug-likeness (QED) is 0.787. The van der Waals surface area contributed by atoms with Gasteiger partial charge >= 0.3 is 0 Å². The van der Waals surface area contributed by atoms with Gasteiger partial charge in [0.05, 0.1) is 17.7 Å². The smallest absolute Gasteiger partial charge is 0.143 e. The summed E-state index contributed by atoms with van der Waals surface area (Å²) in [5, 5.41) is 8.68. The molecule has 1 aliphatic heterocycles. The summed E-state index contributed by atoms with van der Waals surface area (Å²) in [6.45, 7) is 2.77. The van der Waals surface area contributed by atoms with Crippen LogP contribution in [0.25, 0.3) is 0 Å². The maximum Gasteiger partial charge on any atom is 0.143 e. The summed E-state index contributed by atoms with van der Waals surface area (Å²) in [7, 11) is 1.93. The highest BCUT2D eigenvalue weighted by Gasteiger charge is 2.28. The minimum absolute atomic E-state index is 0.0814. The van der Waals surface area contributed by atoms with Gasteiger partial charge in [0.2, 0.25) is 0 Å². The van der Waals surface area contributed by atoms with Gasteiger partial charge in [-0.2, -0.15) is 5.26 Å². The SMILES string of the molecule is CC1OCCC1N(C)c1ccc(C#N)c(F)c1. The molecule has 0 bridgehead atoms. The molecule has 2 rings (SSSR count). The second kappa shape index (κ2) is 4.72. The van der Waals surface area contributed by atoms with Gasteiger partial charge in [-0.15, -0.1) is 0 Å². The fourth-order valence-corrected chi connectivity index (χ4v) is 2.23. The van der Waals surface area contributed by atoms with E-state index in [0.717, 1.165) is 18.7 Å². The van der Waals surface area contributed by atoms with Crippen molar-refractivity contribution < 1.29 is 9.13 Å². The van der Waals surface area contributed by atoms with Gasteiger partial charge < -0.3 is 9.64 Å². The summed E-state index contributed by atoms with van der Waals surface area (Å²) < 4.78 is 19.0. The Hall–Kier alpha value is -1.60. The van der Waals surface area contributed by atoms with Crippen molar-refractivity contribution in [1.82, 2.24) is 0 Å². The summed E-state index contributed by atoms with van der Waals surface area (Å²) in [4.78, 5) is 2.02. The molecule has 1 fully saturated rings. The molecule has 1 heterocycles. The van der Waals surface area contributed by atoms with Crippen molar-refractivity contribution in [2.24, 2.45) is 0 Å². The number of nitrogens with zero attached hydrogens (tertiary/aromatic N) is 2. The van der Waals surface area contributed by atoms with Gasteiger partial charge in [0.15, 0.2) is 0 Å². The molecule has 90 valence electrons. The van der Waals surface area contributed by atoms with E-state index in [4.69, 9.17) is 10.00 Å². The van der Waals surface area contributed by atoms with Crippen LogP contribution in [0.5, 0.6) is 0 Å². The number of hydrogen-bond donors (Lipinski definition) is 0. The highest BCUT2D eigenvalue weighted by molar-refractivity contribution is 5.51. The van der Waals surface area contributed by atoms with Crippen LogP contribution in [0.4, 0.5) is 10.1 Å². The lowest BCUT2D eigenvalue weighted by Gasteiger charge is -2.28. The van der Waals surface area contributed by atoms with Crippen molar-refractivity contribution in [3.05, 3.63) is 29.6 Å². The first-order valence-corrected chi connectivity index (χ1v) is 5.67. The molecule has 0 saturated carbocycles. The summed E-state index contributed by atoms with van der Waals surface area (Å²) >= 11 is 0. The Morgan fingerprint density at radius 3 is 2.82 bits per heavy atom. The average Bonchev–Trinajstić information content (AvgIpc) is 2.74. The molecule has 0 radical (unpaired) electrons. The third-order valence-corrected chi connectivity index (χ3v) is 3.31. The first kappa shape index (κ1) is 11.9. The van der Waals surface area contributed by atoms with Gasteiger partial charge in [-0.05, 0) is 31.5 Å². The van der Waals surface area contributed by atoms with Crippen molar-refractivity contribution in [3.63, 3.8) is 0 Å².